The maximum atomic E-state index is 12.6. The van der Waals surface area contributed by atoms with Gasteiger partial charge in [0.25, 0.3) is 0 Å². The minimum absolute atomic E-state index is 0.00337. The number of nitrogens with zero attached hydrogens (tertiary/aromatic N) is 1. The summed E-state index contributed by atoms with van der Waals surface area (Å²) in [5.74, 6) is 1.33. The molecule has 0 spiro atoms. The van der Waals surface area contributed by atoms with Gasteiger partial charge in [-0.3, -0.25) is 0 Å². The summed E-state index contributed by atoms with van der Waals surface area (Å²) in [5, 5.41) is 2.83. The molecule has 1 aliphatic carbocycles. The standard InChI is InChI=1S/C14H22BrN3O2S/c1-4-10-5-6-12(9(10)2)18-21(19,20)13-7-11(15)8-17-14(13)16-3/h7-10,12,18H,4-6H2,1-3H3,(H,16,17). The highest BCUT2D eigenvalue weighted by molar-refractivity contribution is 9.10. The molecule has 1 heterocycles. The average Bonchev–Trinajstić information content (AvgIpc) is 2.79. The molecular formula is C14H22BrN3O2S. The number of sulfonamides is 1. The lowest BCUT2D eigenvalue weighted by Crippen LogP contribution is -2.37. The summed E-state index contributed by atoms with van der Waals surface area (Å²) in [5.41, 5.74) is 0. The van der Waals surface area contributed by atoms with E-state index in [0.29, 0.717) is 22.1 Å². The van der Waals surface area contributed by atoms with Crippen LogP contribution in [0.3, 0.4) is 0 Å². The van der Waals surface area contributed by atoms with Crippen molar-refractivity contribution in [3.05, 3.63) is 16.7 Å². The monoisotopic (exact) mass is 375 g/mol. The summed E-state index contributed by atoms with van der Waals surface area (Å²) in [6, 6.07) is 1.58. The second kappa shape index (κ2) is 6.62. The number of hydrogen-bond donors (Lipinski definition) is 2. The van der Waals surface area contributed by atoms with E-state index >= 15 is 0 Å². The third-order valence-electron chi connectivity index (χ3n) is 4.40. The van der Waals surface area contributed by atoms with Crippen LogP contribution in [0, 0.1) is 11.8 Å². The van der Waals surface area contributed by atoms with Crippen molar-refractivity contribution in [2.24, 2.45) is 11.8 Å². The van der Waals surface area contributed by atoms with Crippen molar-refractivity contribution in [1.82, 2.24) is 9.71 Å². The number of halogens is 1. The first kappa shape index (κ1) is 16.7. The van der Waals surface area contributed by atoms with E-state index in [2.05, 4.69) is 44.8 Å². The molecule has 0 amide bonds. The predicted molar refractivity (Wildman–Crippen MR) is 87.8 cm³/mol. The molecule has 0 aromatic carbocycles. The Hall–Kier alpha value is -0.660. The molecular weight excluding hydrogens is 354 g/mol. The van der Waals surface area contributed by atoms with Gasteiger partial charge in [-0.1, -0.05) is 20.3 Å². The zero-order chi connectivity index (χ0) is 15.6. The largest absolute Gasteiger partial charge is 0.372 e. The molecule has 7 heteroatoms. The van der Waals surface area contributed by atoms with Crippen molar-refractivity contribution in [1.29, 1.82) is 0 Å². The number of rotatable bonds is 5. The van der Waals surface area contributed by atoms with Crippen molar-refractivity contribution in [3.63, 3.8) is 0 Å². The van der Waals surface area contributed by atoms with Crippen molar-refractivity contribution >= 4 is 31.8 Å². The van der Waals surface area contributed by atoms with Gasteiger partial charge in [0.1, 0.15) is 10.7 Å². The summed E-state index contributed by atoms with van der Waals surface area (Å²) in [6.07, 6.45) is 4.66. The van der Waals surface area contributed by atoms with Crippen LogP contribution in [0.15, 0.2) is 21.6 Å². The van der Waals surface area contributed by atoms with E-state index in [0.717, 1.165) is 19.3 Å². The van der Waals surface area contributed by atoms with Gasteiger partial charge in [-0.15, -0.1) is 0 Å². The van der Waals surface area contributed by atoms with Crippen molar-refractivity contribution in [2.45, 2.75) is 44.0 Å². The van der Waals surface area contributed by atoms with E-state index in [9.17, 15) is 8.42 Å². The number of anilines is 1. The predicted octanol–water partition coefficient (Wildman–Crippen LogP) is 2.99. The maximum Gasteiger partial charge on any atom is 0.244 e. The number of hydrogen-bond acceptors (Lipinski definition) is 4. The molecule has 1 aromatic heterocycles. The molecule has 0 aliphatic heterocycles. The van der Waals surface area contributed by atoms with Crippen LogP contribution < -0.4 is 10.0 Å². The zero-order valence-electron chi connectivity index (χ0n) is 12.6. The molecule has 2 N–H and O–H groups in total. The molecule has 3 atom stereocenters. The van der Waals surface area contributed by atoms with Gasteiger partial charge in [0, 0.05) is 23.8 Å². The van der Waals surface area contributed by atoms with Gasteiger partial charge in [-0.25, -0.2) is 18.1 Å². The lowest BCUT2D eigenvalue weighted by molar-refractivity contribution is 0.368. The minimum Gasteiger partial charge on any atom is -0.372 e. The summed E-state index contributed by atoms with van der Waals surface area (Å²) >= 11 is 3.28. The van der Waals surface area contributed by atoms with E-state index in [1.807, 2.05) is 0 Å². The molecule has 5 nitrogen and oxygen atoms in total. The van der Waals surface area contributed by atoms with Gasteiger partial charge in [-0.2, -0.15) is 0 Å². The van der Waals surface area contributed by atoms with Gasteiger partial charge < -0.3 is 5.32 Å². The second-order valence-electron chi connectivity index (χ2n) is 5.58. The molecule has 2 rings (SSSR count). The van der Waals surface area contributed by atoms with E-state index in [1.165, 1.54) is 0 Å². The molecule has 21 heavy (non-hydrogen) atoms. The molecule has 0 radical (unpaired) electrons. The van der Waals surface area contributed by atoms with Crippen LogP contribution in [0.5, 0.6) is 0 Å². The van der Waals surface area contributed by atoms with Crippen molar-refractivity contribution in [2.75, 3.05) is 12.4 Å². The van der Waals surface area contributed by atoms with Gasteiger partial charge in [0.2, 0.25) is 10.0 Å². The molecule has 1 fully saturated rings. The fourth-order valence-electron chi connectivity index (χ4n) is 3.07. The van der Waals surface area contributed by atoms with E-state index in [-0.39, 0.29) is 10.9 Å². The molecule has 3 unspecified atom stereocenters. The lowest BCUT2D eigenvalue weighted by Gasteiger charge is -2.21. The number of aromatic nitrogens is 1. The summed E-state index contributed by atoms with van der Waals surface area (Å²) < 4.78 is 28.8. The normalized spacial score (nSPS) is 26.0. The molecule has 1 aromatic rings. The van der Waals surface area contributed by atoms with Crippen LogP contribution >= 0.6 is 15.9 Å². The SMILES string of the molecule is CCC1CCC(NS(=O)(=O)c2cc(Br)cnc2NC)C1C. The molecule has 118 valence electrons. The average molecular weight is 376 g/mol. The van der Waals surface area contributed by atoms with Gasteiger partial charge >= 0.3 is 0 Å². The van der Waals surface area contributed by atoms with E-state index in [4.69, 9.17) is 0 Å². The lowest BCUT2D eigenvalue weighted by atomic mass is 9.94. The van der Waals surface area contributed by atoms with Crippen LogP contribution in [-0.4, -0.2) is 26.5 Å². The Labute approximate surface area is 135 Å². The Morgan fingerprint density at radius 2 is 2.14 bits per heavy atom. The van der Waals surface area contributed by atoms with Crippen LogP contribution in [0.25, 0.3) is 0 Å². The Morgan fingerprint density at radius 1 is 1.43 bits per heavy atom. The maximum absolute atomic E-state index is 12.6. The highest BCUT2D eigenvalue weighted by Crippen LogP contribution is 2.35. The van der Waals surface area contributed by atoms with Gasteiger partial charge in [-0.05, 0) is 46.7 Å². The smallest absolute Gasteiger partial charge is 0.244 e. The molecule has 1 saturated carbocycles. The number of pyridine rings is 1. The van der Waals surface area contributed by atoms with Crippen molar-refractivity contribution < 1.29 is 8.42 Å². The van der Waals surface area contributed by atoms with Gasteiger partial charge in [0.15, 0.2) is 0 Å². The third kappa shape index (κ3) is 3.57. The summed E-state index contributed by atoms with van der Waals surface area (Å²) in [6.45, 7) is 4.29. The molecule has 0 saturated heterocycles. The Kier molecular flexibility index (Phi) is 5.27. The highest BCUT2D eigenvalue weighted by Gasteiger charge is 2.35. The Morgan fingerprint density at radius 3 is 2.71 bits per heavy atom. The van der Waals surface area contributed by atoms with Crippen LogP contribution in [0.4, 0.5) is 5.82 Å². The Bertz CT molecular complexity index is 606. The highest BCUT2D eigenvalue weighted by atomic mass is 79.9. The fourth-order valence-corrected chi connectivity index (χ4v) is 5.10. The van der Waals surface area contributed by atoms with E-state index in [1.54, 1.807) is 19.3 Å². The summed E-state index contributed by atoms with van der Waals surface area (Å²) in [7, 11) is -1.91. The van der Waals surface area contributed by atoms with Crippen LogP contribution in [0.2, 0.25) is 0 Å². The first-order valence-electron chi connectivity index (χ1n) is 7.24. The first-order valence-corrected chi connectivity index (χ1v) is 9.52. The molecule has 0 bridgehead atoms. The van der Waals surface area contributed by atoms with E-state index < -0.39 is 10.0 Å². The number of nitrogens with one attached hydrogen (secondary N) is 2. The first-order chi connectivity index (χ1) is 9.89. The summed E-state index contributed by atoms with van der Waals surface area (Å²) in [4.78, 5) is 4.30. The quantitative estimate of drug-likeness (QED) is 0.829. The van der Waals surface area contributed by atoms with Crippen LogP contribution in [0.1, 0.15) is 33.1 Å². The van der Waals surface area contributed by atoms with Crippen molar-refractivity contribution in [3.8, 4) is 0 Å². The second-order valence-corrected chi connectivity index (χ2v) is 8.18. The van der Waals surface area contributed by atoms with Crippen LogP contribution in [-0.2, 0) is 10.0 Å². The minimum atomic E-state index is -3.58. The topological polar surface area (TPSA) is 71.1 Å². The zero-order valence-corrected chi connectivity index (χ0v) is 15.0. The molecule has 1 aliphatic rings. The fraction of sp³-hybridized carbons (Fsp3) is 0.643. The Balaban J connectivity index is 2.25. The third-order valence-corrected chi connectivity index (χ3v) is 6.34. The van der Waals surface area contributed by atoms with Gasteiger partial charge in [0.05, 0.1) is 0 Å².